The van der Waals surface area contributed by atoms with Crippen LogP contribution in [0.3, 0.4) is 0 Å². The van der Waals surface area contributed by atoms with E-state index in [4.69, 9.17) is 0 Å². The molecule has 0 bridgehead atoms. The third kappa shape index (κ3) is 3.54. The Morgan fingerprint density at radius 2 is 1.85 bits per heavy atom. The van der Waals surface area contributed by atoms with Gasteiger partial charge in [0.2, 0.25) is 0 Å². The normalized spacial score (nSPS) is 13.2. The van der Waals surface area contributed by atoms with Crippen LogP contribution in [0.5, 0.6) is 0 Å². The number of likely N-dealkylation sites (N-methyl/N-ethyl adjacent to an activating group) is 1. The Hall–Kier alpha value is -1.95. The number of benzene rings is 1. The lowest BCUT2D eigenvalue weighted by Crippen LogP contribution is -2.21. The van der Waals surface area contributed by atoms with Gasteiger partial charge in [0.15, 0.2) is 0 Å². The molecule has 0 aliphatic heterocycles. The Kier molecular flexibility index (Phi) is 4.34. The standard InChI is InChI=1S/C14H14F3N3/c1-18-12(13-19-6-3-7-20-13)9-10-4-2-5-11(8-10)14(15,16)17/h2-8,12,18H,9H2,1H3. The molecule has 6 heteroatoms. The van der Waals surface area contributed by atoms with Crippen LogP contribution in [-0.2, 0) is 12.6 Å². The van der Waals surface area contributed by atoms with Gasteiger partial charge in [-0.3, -0.25) is 0 Å². The molecule has 1 aromatic heterocycles. The Morgan fingerprint density at radius 3 is 2.45 bits per heavy atom. The Morgan fingerprint density at radius 1 is 1.15 bits per heavy atom. The molecule has 1 atom stereocenters. The van der Waals surface area contributed by atoms with Crippen LogP contribution in [-0.4, -0.2) is 17.0 Å². The van der Waals surface area contributed by atoms with Crippen molar-refractivity contribution in [1.82, 2.24) is 15.3 Å². The van der Waals surface area contributed by atoms with Crippen molar-refractivity contribution in [2.75, 3.05) is 7.05 Å². The molecule has 1 aromatic carbocycles. The van der Waals surface area contributed by atoms with E-state index in [1.807, 2.05) is 0 Å². The third-order valence-corrected chi connectivity index (χ3v) is 2.94. The van der Waals surface area contributed by atoms with Gasteiger partial charge in [0.25, 0.3) is 0 Å². The second kappa shape index (κ2) is 6.00. The number of alkyl halides is 3. The molecule has 0 saturated carbocycles. The number of hydrogen-bond acceptors (Lipinski definition) is 3. The lowest BCUT2D eigenvalue weighted by Gasteiger charge is -2.15. The highest BCUT2D eigenvalue weighted by Crippen LogP contribution is 2.30. The smallest absolute Gasteiger partial charge is 0.310 e. The van der Waals surface area contributed by atoms with Crippen LogP contribution >= 0.6 is 0 Å². The first kappa shape index (κ1) is 14.5. The first-order valence-corrected chi connectivity index (χ1v) is 6.11. The van der Waals surface area contributed by atoms with Crippen molar-refractivity contribution in [1.29, 1.82) is 0 Å². The van der Waals surface area contributed by atoms with E-state index >= 15 is 0 Å². The van der Waals surface area contributed by atoms with Crippen LogP contribution < -0.4 is 5.32 Å². The fourth-order valence-electron chi connectivity index (χ4n) is 1.92. The summed E-state index contributed by atoms with van der Waals surface area (Å²) in [6.45, 7) is 0. The molecule has 0 fully saturated rings. The molecule has 0 spiro atoms. The number of nitrogens with one attached hydrogen (secondary N) is 1. The molecule has 0 aliphatic rings. The minimum atomic E-state index is -4.33. The highest BCUT2D eigenvalue weighted by Gasteiger charge is 2.30. The largest absolute Gasteiger partial charge is 0.416 e. The Bertz CT molecular complexity index is 555. The average molecular weight is 281 g/mol. The second-order valence-electron chi connectivity index (χ2n) is 4.35. The molecule has 0 amide bonds. The van der Waals surface area contributed by atoms with E-state index in [0.717, 1.165) is 12.1 Å². The van der Waals surface area contributed by atoms with Gasteiger partial charge in [-0.25, -0.2) is 9.97 Å². The number of nitrogens with zero attached hydrogens (tertiary/aromatic N) is 2. The van der Waals surface area contributed by atoms with E-state index in [1.165, 1.54) is 6.07 Å². The van der Waals surface area contributed by atoms with Crippen LogP contribution in [0, 0.1) is 0 Å². The number of rotatable bonds is 4. The summed E-state index contributed by atoms with van der Waals surface area (Å²) in [5.74, 6) is 0.562. The van der Waals surface area contributed by atoms with Crippen LogP contribution in [0.15, 0.2) is 42.7 Å². The van der Waals surface area contributed by atoms with E-state index in [2.05, 4.69) is 15.3 Å². The molecule has 1 N–H and O–H groups in total. The lowest BCUT2D eigenvalue weighted by atomic mass is 10.0. The fourth-order valence-corrected chi connectivity index (χ4v) is 1.92. The first-order chi connectivity index (χ1) is 9.50. The van der Waals surface area contributed by atoms with Gasteiger partial charge in [0, 0.05) is 12.4 Å². The van der Waals surface area contributed by atoms with Gasteiger partial charge in [-0.15, -0.1) is 0 Å². The summed E-state index contributed by atoms with van der Waals surface area (Å²) in [6, 6.07) is 6.78. The van der Waals surface area contributed by atoms with Gasteiger partial charge >= 0.3 is 6.18 Å². The molecule has 3 nitrogen and oxygen atoms in total. The molecule has 2 rings (SSSR count). The average Bonchev–Trinajstić information content (AvgIpc) is 2.45. The quantitative estimate of drug-likeness (QED) is 0.936. The van der Waals surface area contributed by atoms with Gasteiger partial charge in [-0.1, -0.05) is 18.2 Å². The summed E-state index contributed by atoms with van der Waals surface area (Å²) in [5, 5.41) is 3.02. The predicted octanol–water partition coefficient (Wildman–Crippen LogP) is 3.00. The van der Waals surface area contributed by atoms with Crippen LogP contribution in [0.2, 0.25) is 0 Å². The third-order valence-electron chi connectivity index (χ3n) is 2.94. The Balaban J connectivity index is 2.20. The maximum atomic E-state index is 12.7. The zero-order valence-electron chi connectivity index (χ0n) is 10.9. The van der Waals surface area contributed by atoms with E-state index in [1.54, 1.807) is 31.6 Å². The highest BCUT2D eigenvalue weighted by molar-refractivity contribution is 5.26. The maximum Gasteiger partial charge on any atom is 0.416 e. The van der Waals surface area contributed by atoms with Crippen molar-refractivity contribution in [3.63, 3.8) is 0 Å². The van der Waals surface area contributed by atoms with Crippen molar-refractivity contribution in [2.45, 2.75) is 18.6 Å². The second-order valence-corrected chi connectivity index (χ2v) is 4.35. The molecule has 0 aliphatic carbocycles. The van der Waals surface area contributed by atoms with E-state index in [9.17, 15) is 13.2 Å². The molecule has 0 saturated heterocycles. The van der Waals surface area contributed by atoms with Gasteiger partial charge < -0.3 is 5.32 Å². The topological polar surface area (TPSA) is 37.8 Å². The summed E-state index contributed by atoms with van der Waals surface area (Å²) in [4.78, 5) is 8.24. The zero-order valence-corrected chi connectivity index (χ0v) is 10.9. The molecule has 1 unspecified atom stereocenters. The Labute approximate surface area is 114 Å². The first-order valence-electron chi connectivity index (χ1n) is 6.11. The lowest BCUT2D eigenvalue weighted by molar-refractivity contribution is -0.137. The van der Waals surface area contributed by atoms with Crippen LogP contribution in [0.1, 0.15) is 23.0 Å². The van der Waals surface area contributed by atoms with E-state index in [0.29, 0.717) is 17.8 Å². The molecule has 2 aromatic rings. The summed E-state index contributed by atoms with van der Waals surface area (Å²) >= 11 is 0. The SMILES string of the molecule is CNC(Cc1cccc(C(F)(F)F)c1)c1ncccn1. The number of aromatic nitrogens is 2. The molecule has 1 heterocycles. The van der Waals surface area contributed by atoms with Crippen LogP contribution in [0.25, 0.3) is 0 Å². The van der Waals surface area contributed by atoms with Gasteiger partial charge in [0.1, 0.15) is 5.82 Å². The minimum absolute atomic E-state index is 0.223. The van der Waals surface area contributed by atoms with Gasteiger partial charge in [-0.05, 0) is 31.2 Å². The van der Waals surface area contributed by atoms with E-state index < -0.39 is 11.7 Å². The van der Waals surface area contributed by atoms with Gasteiger partial charge in [0.05, 0.1) is 11.6 Å². The van der Waals surface area contributed by atoms with Crippen molar-refractivity contribution < 1.29 is 13.2 Å². The highest BCUT2D eigenvalue weighted by atomic mass is 19.4. The van der Waals surface area contributed by atoms with Crippen LogP contribution in [0.4, 0.5) is 13.2 Å². The van der Waals surface area contributed by atoms with Crippen molar-refractivity contribution in [3.8, 4) is 0 Å². The van der Waals surface area contributed by atoms with E-state index in [-0.39, 0.29) is 6.04 Å². The molecular weight excluding hydrogens is 267 g/mol. The summed E-state index contributed by atoms with van der Waals surface area (Å²) in [6.07, 6.45) is -0.712. The van der Waals surface area contributed by atoms with Crippen molar-refractivity contribution in [2.24, 2.45) is 0 Å². The minimum Gasteiger partial charge on any atom is -0.310 e. The summed E-state index contributed by atoms with van der Waals surface area (Å²) in [5.41, 5.74) is -0.0505. The monoisotopic (exact) mass is 281 g/mol. The molecule has 106 valence electrons. The predicted molar refractivity (Wildman–Crippen MR) is 69.0 cm³/mol. The summed E-state index contributed by atoms with van der Waals surface area (Å²) < 4.78 is 38.0. The summed E-state index contributed by atoms with van der Waals surface area (Å²) in [7, 11) is 1.73. The molecule has 20 heavy (non-hydrogen) atoms. The maximum absolute atomic E-state index is 12.7. The molecular formula is C14H14F3N3. The fraction of sp³-hybridized carbons (Fsp3) is 0.286. The van der Waals surface area contributed by atoms with Crippen molar-refractivity contribution >= 4 is 0 Å². The van der Waals surface area contributed by atoms with Crippen molar-refractivity contribution in [3.05, 3.63) is 59.7 Å². The number of hydrogen-bond donors (Lipinski definition) is 1. The zero-order chi connectivity index (χ0) is 14.6. The van der Waals surface area contributed by atoms with Gasteiger partial charge in [-0.2, -0.15) is 13.2 Å². The number of halogens is 3. The molecule has 0 radical (unpaired) electrons.